The summed E-state index contributed by atoms with van der Waals surface area (Å²) >= 11 is 0. The number of carboxylic acids is 1. The van der Waals surface area contributed by atoms with Crippen molar-refractivity contribution in [2.45, 2.75) is 12.2 Å². The summed E-state index contributed by atoms with van der Waals surface area (Å²) < 4.78 is 15.2. The van der Waals surface area contributed by atoms with Crippen LogP contribution in [0.15, 0.2) is 84.9 Å². The monoisotopic (exact) mass is 506 g/mol. The van der Waals surface area contributed by atoms with Crippen molar-refractivity contribution >= 4 is 29.7 Å². The zero-order valence-corrected chi connectivity index (χ0v) is 19.5. The molecular formula is C26H22N2O9. The van der Waals surface area contributed by atoms with Gasteiger partial charge in [0.2, 0.25) is 12.2 Å². The standard InChI is InChI=1S/C26H22N2O9/c1-35-19-14-12-16(13-15-19)22(29)27-28-23(30)20(36-25(33)17-8-4-2-5-9-17)21(24(31)32)37-26(34)18-10-6-3-7-11-18/h2-15,20-21H,1H3,(H,27,29)(H,28,30)(H,31,32)/t20-,21-/m1/s1. The number of amides is 2. The Balaban J connectivity index is 1.81. The van der Waals surface area contributed by atoms with Crippen molar-refractivity contribution in [2.75, 3.05) is 7.11 Å². The molecule has 37 heavy (non-hydrogen) atoms. The zero-order valence-electron chi connectivity index (χ0n) is 19.5. The van der Waals surface area contributed by atoms with Crippen molar-refractivity contribution in [1.29, 1.82) is 0 Å². The maximum atomic E-state index is 12.9. The smallest absolute Gasteiger partial charge is 0.349 e. The molecule has 0 saturated heterocycles. The number of rotatable bonds is 9. The van der Waals surface area contributed by atoms with Crippen LogP contribution in [0.4, 0.5) is 0 Å². The highest BCUT2D eigenvalue weighted by Gasteiger charge is 2.41. The van der Waals surface area contributed by atoms with Crippen LogP contribution in [-0.4, -0.2) is 54.1 Å². The molecule has 3 N–H and O–H groups in total. The lowest BCUT2D eigenvalue weighted by Crippen LogP contribution is -2.54. The Hall–Kier alpha value is -5.19. The molecule has 190 valence electrons. The highest BCUT2D eigenvalue weighted by atomic mass is 16.6. The molecule has 0 radical (unpaired) electrons. The van der Waals surface area contributed by atoms with E-state index in [9.17, 15) is 29.1 Å². The first-order valence-electron chi connectivity index (χ1n) is 10.8. The third kappa shape index (κ3) is 7.15. The van der Waals surface area contributed by atoms with Crippen LogP contribution in [0.25, 0.3) is 0 Å². The molecule has 11 heteroatoms. The largest absolute Gasteiger partial charge is 0.497 e. The lowest BCUT2D eigenvalue weighted by molar-refractivity contribution is -0.159. The number of esters is 2. The molecule has 2 amide bonds. The van der Waals surface area contributed by atoms with Gasteiger partial charge >= 0.3 is 17.9 Å². The van der Waals surface area contributed by atoms with Gasteiger partial charge in [0.25, 0.3) is 11.8 Å². The van der Waals surface area contributed by atoms with Crippen LogP contribution in [0.1, 0.15) is 31.1 Å². The van der Waals surface area contributed by atoms with Crippen LogP contribution >= 0.6 is 0 Å². The summed E-state index contributed by atoms with van der Waals surface area (Å²) in [5, 5.41) is 9.73. The number of nitrogens with one attached hydrogen (secondary N) is 2. The molecule has 0 heterocycles. The number of ether oxygens (including phenoxy) is 3. The van der Waals surface area contributed by atoms with Crippen molar-refractivity contribution < 1.29 is 43.3 Å². The van der Waals surface area contributed by atoms with Crippen molar-refractivity contribution in [3.8, 4) is 5.75 Å². The minimum absolute atomic E-state index is 0.00935. The van der Waals surface area contributed by atoms with E-state index in [-0.39, 0.29) is 16.7 Å². The van der Waals surface area contributed by atoms with Gasteiger partial charge in [0, 0.05) is 5.56 Å². The Morgan fingerprint density at radius 1 is 0.649 bits per heavy atom. The van der Waals surface area contributed by atoms with E-state index in [1.54, 1.807) is 12.1 Å². The Labute approximate surface area is 210 Å². The van der Waals surface area contributed by atoms with Gasteiger partial charge in [-0.2, -0.15) is 0 Å². The summed E-state index contributed by atoms with van der Waals surface area (Å²) in [7, 11) is 1.45. The van der Waals surface area contributed by atoms with Gasteiger partial charge in [-0.25, -0.2) is 14.4 Å². The zero-order chi connectivity index (χ0) is 26.8. The van der Waals surface area contributed by atoms with Crippen LogP contribution in [0, 0.1) is 0 Å². The highest BCUT2D eigenvalue weighted by molar-refractivity contribution is 5.99. The highest BCUT2D eigenvalue weighted by Crippen LogP contribution is 2.14. The summed E-state index contributed by atoms with van der Waals surface area (Å²) in [6.07, 6.45) is -4.40. The van der Waals surface area contributed by atoms with Crippen molar-refractivity contribution in [2.24, 2.45) is 0 Å². The van der Waals surface area contributed by atoms with E-state index < -0.39 is 41.9 Å². The molecule has 11 nitrogen and oxygen atoms in total. The maximum absolute atomic E-state index is 12.9. The SMILES string of the molecule is COc1ccc(C(=O)NNC(=O)[C@H](OC(=O)c2ccccc2)[C@@H](OC(=O)c2ccccc2)C(=O)O)cc1. The number of methoxy groups -OCH3 is 1. The van der Waals surface area contributed by atoms with Gasteiger partial charge in [0.15, 0.2) is 0 Å². The molecule has 3 rings (SSSR count). The molecule has 0 unspecified atom stereocenters. The number of benzene rings is 3. The quantitative estimate of drug-likeness (QED) is 0.292. The first kappa shape index (κ1) is 26.4. The number of carbonyl (C=O) groups is 5. The third-order valence-corrected chi connectivity index (χ3v) is 4.92. The van der Waals surface area contributed by atoms with E-state index in [1.807, 2.05) is 5.43 Å². The van der Waals surface area contributed by atoms with Crippen molar-refractivity contribution in [1.82, 2.24) is 10.9 Å². The molecule has 3 aromatic rings. The first-order valence-corrected chi connectivity index (χ1v) is 10.8. The van der Waals surface area contributed by atoms with E-state index in [0.717, 1.165) is 0 Å². The number of hydrogen-bond donors (Lipinski definition) is 3. The summed E-state index contributed by atoms with van der Waals surface area (Å²) in [5.41, 5.74) is 4.28. The Morgan fingerprint density at radius 3 is 1.59 bits per heavy atom. The normalized spacial score (nSPS) is 11.8. The van der Waals surface area contributed by atoms with Gasteiger partial charge in [-0.15, -0.1) is 0 Å². The Morgan fingerprint density at radius 2 is 1.14 bits per heavy atom. The Kier molecular flexibility index (Phi) is 8.92. The van der Waals surface area contributed by atoms with E-state index in [4.69, 9.17) is 14.2 Å². The molecule has 0 saturated carbocycles. The molecule has 0 bridgehead atoms. The average molecular weight is 506 g/mol. The number of hydrogen-bond acceptors (Lipinski definition) is 8. The fraction of sp³-hybridized carbons (Fsp3) is 0.115. The fourth-order valence-corrected chi connectivity index (χ4v) is 3.01. The second-order valence-corrected chi connectivity index (χ2v) is 7.39. The predicted molar refractivity (Wildman–Crippen MR) is 128 cm³/mol. The second-order valence-electron chi connectivity index (χ2n) is 7.39. The number of carbonyl (C=O) groups excluding carboxylic acids is 4. The van der Waals surface area contributed by atoms with Crippen molar-refractivity contribution in [3.63, 3.8) is 0 Å². The molecule has 3 aromatic carbocycles. The number of aliphatic carboxylic acids is 1. The van der Waals surface area contributed by atoms with Crippen LogP contribution in [0.2, 0.25) is 0 Å². The minimum atomic E-state index is -2.24. The maximum Gasteiger partial charge on any atom is 0.349 e. The van der Waals surface area contributed by atoms with Crippen LogP contribution in [0.5, 0.6) is 5.75 Å². The molecule has 0 fully saturated rings. The lowest BCUT2D eigenvalue weighted by Gasteiger charge is -2.23. The van der Waals surface area contributed by atoms with E-state index >= 15 is 0 Å². The van der Waals surface area contributed by atoms with Crippen molar-refractivity contribution in [3.05, 3.63) is 102 Å². The third-order valence-electron chi connectivity index (χ3n) is 4.92. The molecule has 0 aliphatic rings. The van der Waals surface area contributed by atoms with Gasteiger partial charge < -0.3 is 19.3 Å². The van der Waals surface area contributed by atoms with E-state index in [0.29, 0.717) is 5.75 Å². The summed E-state index contributed by atoms with van der Waals surface area (Å²) in [5.74, 6) is -5.38. The summed E-state index contributed by atoms with van der Waals surface area (Å²) in [6.45, 7) is 0. The fourth-order valence-electron chi connectivity index (χ4n) is 3.01. The molecular weight excluding hydrogens is 484 g/mol. The molecule has 0 aliphatic carbocycles. The lowest BCUT2D eigenvalue weighted by atomic mass is 10.1. The molecule has 0 aliphatic heterocycles. The topological polar surface area (TPSA) is 157 Å². The van der Waals surface area contributed by atoms with Crippen LogP contribution in [0.3, 0.4) is 0 Å². The average Bonchev–Trinajstić information content (AvgIpc) is 2.94. The van der Waals surface area contributed by atoms with Gasteiger partial charge in [-0.3, -0.25) is 20.4 Å². The van der Waals surface area contributed by atoms with E-state index in [1.165, 1.54) is 79.9 Å². The molecule has 0 aromatic heterocycles. The predicted octanol–water partition coefficient (Wildman–Crippen LogP) is 1.99. The minimum Gasteiger partial charge on any atom is -0.497 e. The molecule has 0 spiro atoms. The van der Waals surface area contributed by atoms with Crippen LogP contribution in [-0.2, 0) is 19.1 Å². The number of carboxylic acid groups (broad SMARTS) is 1. The summed E-state index contributed by atoms with van der Waals surface area (Å²) in [4.78, 5) is 62.5. The van der Waals surface area contributed by atoms with Gasteiger partial charge in [-0.05, 0) is 48.5 Å². The van der Waals surface area contributed by atoms with Gasteiger partial charge in [-0.1, -0.05) is 36.4 Å². The van der Waals surface area contributed by atoms with E-state index in [2.05, 4.69) is 5.43 Å². The van der Waals surface area contributed by atoms with Crippen LogP contribution < -0.4 is 15.6 Å². The second kappa shape index (κ2) is 12.5. The number of hydrazine groups is 1. The first-order chi connectivity index (χ1) is 17.8. The van der Waals surface area contributed by atoms with Gasteiger partial charge in [0.05, 0.1) is 18.2 Å². The van der Waals surface area contributed by atoms with Gasteiger partial charge in [0.1, 0.15) is 5.75 Å². The Bertz CT molecular complexity index is 1260. The molecule has 2 atom stereocenters. The summed E-state index contributed by atoms with van der Waals surface area (Å²) in [6, 6.07) is 20.8.